The third-order valence-corrected chi connectivity index (χ3v) is 2.35. The van der Waals surface area contributed by atoms with Gasteiger partial charge in [0.25, 0.3) is 0 Å². The van der Waals surface area contributed by atoms with Crippen LogP contribution in [0.25, 0.3) is 0 Å². The van der Waals surface area contributed by atoms with E-state index in [4.69, 9.17) is 46.1 Å². The Morgan fingerprint density at radius 2 is 1.56 bits per heavy atom. The molecule has 1 unspecified atom stereocenters. The van der Waals surface area contributed by atoms with Gasteiger partial charge in [-0.25, -0.2) is 0 Å². The lowest BCUT2D eigenvalue weighted by molar-refractivity contribution is 0.130. The first-order valence-electron chi connectivity index (χ1n) is 4.51. The molecule has 0 bridgehead atoms. The first kappa shape index (κ1) is 11.1. The first-order valence-corrected chi connectivity index (χ1v) is 4.51. The van der Waals surface area contributed by atoms with Crippen molar-refractivity contribution < 1.29 is 9.47 Å². The molecule has 1 aromatic rings. The lowest BCUT2D eigenvalue weighted by Gasteiger charge is -2.28. The number of benzene rings is 1. The average Bonchev–Trinajstić information content (AvgIpc) is 2.33. The summed E-state index contributed by atoms with van der Waals surface area (Å²) in [5.74, 6) is 0.428. The molecule has 0 saturated carbocycles. The molecular formula is C9H3B4NO2. The molecule has 0 aromatic heterocycles. The van der Waals surface area contributed by atoms with Crippen LogP contribution >= 0.6 is 0 Å². The predicted molar refractivity (Wildman–Crippen MR) is 63.5 cm³/mol. The number of hydrogen-bond acceptors (Lipinski definition) is 3. The fourth-order valence-electron chi connectivity index (χ4n) is 1.44. The fraction of sp³-hybridized carbons (Fsp3) is 0.222. The molecule has 0 spiro atoms. The standard InChI is InChI=1S/C9H3B4NO2/c10-4-5(11)7(13)9-8(6(4)12)15-2-3(1-14)16-9/h3H,2H2. The van der Waals surface area contributed by atoms with Crippen molar-refractivity contribution in [3.63, 3.8) is 0 Å². The summed E-state index contributed by atoms with van der Waals surface area (Å²) in [6.07, 6.45) is -0.725. The predicted octanol–water partition coefficient (Wildman–Crippen LogP) is -3.47. The van der Waals surface area contributed by atoms with Crippen LogP contribution in [0.5, 0.6) is 11.5 Å². The summed E-state index contributed by atoms with van der Waals surface area (Å²) in [4.78, 5) is 0. The molecule has 0 saturated heterocycles. The maximum Gasteiger partial charge on any atom is 0.218 e. The SMILES string of the molecule is [B]c1c([B])c([B])c2c(c1[B])OCC(C#N)O2. The minimum Gasteiger partial charge on any atom is -0.485 e. The normalized spacial score (nSPS) is 17.8. The number of ether oxygens (including phenoxy) is 2. The van der Waals surface area contributed by atoms with Crippen LogP contribution in [0.1, 0.15) is 0 Å². The molecule has 68 valence electrons. The quantitative estimate of drug-likeness (QED) is 0.409. The van der Waals surface area contributed by atoms with E-state index in [0.29, 0.717) is 0 Å². The van der Waals surface area contributed by atoms with Crippen LogP contribution < -0.4 is 31.3 Å². The minimum absolute atomic E-state index is 0.0799. The van der Waals surface area contributed by atoms with Gasteiger partial charge in [0.2, 0.25) is 6.10 Å². The third kappa shape index (κ3) is 1.49. The zero-order valence-electron chi connectivity index (χ0n) is 8.36. The van der Waals surface area contributed by atoms with Gasteiger partial charge in [-0.05, 0) is 0 Å². The largest absolute Gasteiger partial charge is 0.485 e. The lowest BCUT2D eigenvalue weighted by atomic mass is 9.66. The van der Waals surface area contributed by atoms with Gasteiger partial charge in [0.15, 0.2) is 11.5 Å². The molecule has 2 rings (SSSR count). The Bertz CT molecular complexity index is 498. The van der Waals surface area contributed by atoms with Crippen molar-refractivity contribution in [1.29, 1.82) is 5.26 Å². The van der Waals surface area contributed by atoms with E-state index in [-0.39, 0.29) is 40.0 Å². The van der Waals surface area contributed by atoms with Crippen molar-refractivity contribution in [3.8, 4) is 17.6 Å². The zero-order valence-corrected chi connectivity index (χ0v) is 8.36. The maximum absolute atomic E-state index is 8.72. The third-order valence-electron chi connectivity index (χ3n) is 2.35. The first-order chi connectivity index (χ1) is 7.56. The molecule has 0 aliphatic carbocycles. The number of rotatable bonds is 0. The average molecular weight is 200 g/mol. The van der Waals surface area contributed by atoms with Gasteiger partial charge in [-0.3, -0.25) is 0 Å². The Morgan fingerprint density at radius 3 is 2.12 bits per heavy atom. The van der Waals surface area contributed by atoms with Gasteiger partial charge in [0, 0.05) is 0 Å². The lowest BCUT2D eigenvalue weighted by Crippen LogP contribution is -2.50. The Kier molecular flexibility index (Phi) is 2.67. The van der Waals surface area contributed by atoms with Gasteiger partial charge < -0.3 is 9.47 Å². The molecule has 3 nitrogen and oxygen atoms in total. The van der Waals surface area contributed by atoms with Gasteiger partial charge in [-0.1, -0.05) is 10.9 Å². The Morgan fingerprint density at radius 1 is 1.00 bits per heavy atom. The van der Waals surface area contributed by atoms with Crippen LogP contribution in [0.3, 0.4) is 0 Å². The summed E-state index contributed by atoms with van der Waals surface area (Å²) < 4.78 is 10.6. The summed E-state index contributed by atoms with van der Waals surface area (Å²) in [6.45, 7) is 0.0799. The second kappa shape index (κ2) is 3.86. The summed E-state index contributed by atoms with van der Waals surface area (Å²) in [5, 5.41) is 8.72. The Labute approximate surface area is 98.7 Å². The topological polar surface area (TPSA) is 42.2 Å². The number of fused-ring (bicyclic) bond motifs is 1. The molecule has 7 heteroatoms. The molecule has 1 aliphatic heterocycles. The van der Waals surface area contributed by atoms with Crippen molar-refractivity contribution in [2.45, 2.75) is 6.10 Å². The molecule has 0 amide bonds. The van der Waals surface area contributed by atoms with Gasteiger partial charge in [-0.2, -0.15) is 5.26 Å². The van der Waals surface area contributed by atoms with E-state index in [2.05, 4.69) is 0 Å². The molecule has 0 fully saturated rings. The number of nitrogens with zero attached hydrogens (tertiary/aromatic N) is 1. The van der Waals surface area contributed by atoms with E-state index in [1.165, 1.54) is 0 Å². The fourth-order valence-corrected chi connectivity index (χ4v) is 1.44. The van der Waals surface area contributed by atoms with Gasteiger partial charge in [0.05, 0.1) is 0 Å². The van der Waals surface area contributed by atoms with E-state index in [1.807, 2.05) is 6.07 Å². The molecule has 1 atom stereocenters. The van der Waals surface area contributed by atoms with Crippen molar-refractivity contribution >= 4 is 53.2 Å². The summed E-state index contributed by atoms with van der Waals surface area (Å²) in [5.41, 5.74) is 0.619. The maximum atomic E-state index is 8.72. The Hall–Kier alpha value is -1.43. The highest BCUT2D eigenvalue weighted by Crippen LogP contribution is 2.25. The molecule has 1 heterocycles. The second-order valence-corrected chi connectivity index (χ2v) is 3.36. The number of hydrogen-bond donors (Lipinski definition) is 0. The second-order valence-electron chi connectivity index (χ2n) is 3.36. The molecule has 1 aromatic carbocycles. The highest BCUT2D eigenvalue weighted by molar-refractivity contribution is 6.63. The molecule has 16 heavy (non-hydrogen) atoms. The van der Waals surface area contributed by atoms with Crippen LogP contribution in [0, 0.1) is 11.3 Å². The van der Waals surface area contributed by atoms with Crippen LogP contribution in [0.2, 0.25) is 0 Å². The van der Waals surface area contributed by atoms with E-state index >= 15 is 0 Å². The van der Waals surface area contributed by atoms with Crippen molar-refractivity contribution in [2.24, 2.45) is 0 Å². The summed E-state index contributed by atoms with van der Waals surface area (Å²) in [7, 11) is 22.7. The van der Waals surface area contributed by atoms with Crippen LogP contribution in [0.15, 0.2) is 0 Å². The molecule has 1 aliphatic rings. The highest BCUT2D eigenvalue weighted by atomic mass is 16.6. The molecular weight excluding hydrogens is 197 g/mol. The summed E-state index contributed by atoms with van der Waals surface area (Å²) in [6, 6.07) is 1.91. The van der Waals surface area contributed by atoms with Gasteiger partial charge in [-0.15, -0.1) is 10.9 Å². The van der Waals surface area contributed by atoms with Crippen molar-refractivity contribution in [1.82, 2.24) is 0 Å². The van der Waals surface area contributed by atoms with Crippen LogP contribution in [-0.2, 0) is 0 Å². The Balaban J connectivity index is 2.61. The van der Waals surface area contributed by atoms with E-state index < -0.39 is 6.10 Å². The molecule has 0 N–H and O–H groups in total. The monoisotopic (exact) mass is 201 g/mol. The van der Waals surface area contributed by atoms with E-state index in [1.54, 1.807) is 0 Å². The minimum atomic E-state index is -0.725. The van der Waals surface area contributed by atoms with Gasteiger partial charge in [0.1, 0.15) is 44.1 Å². The highest BCUT2D eigenvalue weighted by Gasteiger charge is 2.25. The van der Waals surface area contributed by atoms with E-state index in [9.17, 15) is 0 Å². The summed E-state index contributed by atoms with van der Waals surface area (Å²) >= 11 is 0. The van der Waals surface area contributed by atoms with Crippen molar-refractivity contribution in [2.75, 3.05) is 6.61 Å². The van der Waals surface area contributed by atoms with Crippen molar-refractivity contribution in [3.05, 3.63) is 0 Å². The smallest absolute Gasteiger partial charge is 0.218 e. The van der Waals surface area contributed by atoms with Gasteiger partial charge >= 0.3 is 0 Å². The number of nitriles is 1. The van der Waals surface area contributed by atoms with Crippen LogP contribution in [0.4, 0.5) is 0 Å². The van der Waals surface area contributed by atoms with Crippen LogP contribution in [-0.4, -0.2) is 44.1 Å². The zero-order chi connectivity index (χ0) is 11.9. The van der Waals surface area contributed by atoms with E-state index in [0.717, 1.165) is 0 Å². The molecule has 8 radical (unpaired) electrons.